The quantitative estimate of drug-likeness (QED) is 0.271. The molecule has 3 heterocycles. The highest BCUT2D eigenvalue weighted by atomic mass is 16.6. The van der Waals surface area contributed by atoms with Crippen LogP contribution in [0.15, 0.2) is 25.3 Å². The topological polar surface area (TPSA) is 96.4 Å². The van der Waals surface area contributed by atoms with E-state index in [1.54, 1.807) is 24.0 Å². The van der Waals surface area contributed by atoms with Gasteiger partial charge in [0.2, 0.25) is 11.8 Å². The Balaban J connectivity index is 2.00. The first-order chi connectivity index (χ1) is 15.8. The van der Waals surface area contributed by atoms with Crippen LogP contribution in [-0.4, -0.2) is 82.3 Å². The Kier molecular flexibility index (Phi) is 8.00. The Morgan fingerprint density at radius 1 is 1.36 bits per heavy atom. The van der Waals surface area contributed by atoms with Gasteiger partial charge in [-0.25, -0.2) is 0 Å². The third-order valence-corrected chi connectivity index (χ3v) is 7.40. The van der Waals surface area contributed by atoms with E-state index in [-0.39, 0.29) is 31.1 Å². The molecular formula is C25H38N2O6. The van der Waals surface area contributed by atoms with Crippen molar-refractivity contribution in [2.45, 2.75) is 82.7 Å². The van der Waals surface area contributed by atoms with Gasteiger partial charge >= 0.3 is 5.97 Å². The van der Waals surface area contributed by atoms with Gasteiger partial charge in [-0.1, -0.05) is 25.5 Å². The Bertz CT molecular complexity index is 785. The van der Waals surface area contributed by atoms with Crippen molar-refractivity contribution in [3.63, 3.8) is 0 Å². The van der Waals surface area contributed by atoms with Crippen molar-refractivity contribution in [2.24, 2.45) is 11.8 Å². The molecule has 3 aliphatic heterocycles. The highest BCUT2D eigenvalue weighted by molar-refractivity contribution is 5.98. The number of hydrogen-bond acceptors (Lipinski definition) is 6. The number of carbonyl (C=O) groups excluding carboxylic acids is 3. The van der Waals surface area contributed by atoms with E-state index in [4.69, 9.17) is 9.47 Å². The molecule has 8 heteroatoms. The zero-order valence-corrected chi connectivity index (χ0v) is 20.1. The van der Waals surface area contributed by atoms with Gasteiger partial charge in [-0.3, -0.25) is 14.4 Å². The number of hydrogen-bond donors (Lipinski definition) is 1. The van der Waals surface area contributed by atoms with Crippen molar-refractivity contribution >= 4 is 17.8 Å². The maximum Gasteiger partial charge on any atom is 0.312 e. The van der Waals surface area contributed by atoms with Gasteiger partial charge < -0.3 is 24.4 Å². The lowest BCUT2D eigenvalue weighted by molar-refractivity contribution is -0.156. The van der Waals surface area contributed by atoms with Gasteiger partial charge in [0.15, 0.2) is 0 Å². The lowest BCUT2D eigenvalue weighted by Gasteiger charge is -2.40. The molecule has 7 atom stereocenters. The summed E-state index contributed by atoms with van der Waals surface area (Å²) in [5.41, 5.74) is -1.09. The van der Waals surface area contributed by atoms with Crippen LogP contribution in [0.3, 0.4) is 0 Å². The Morgan fingerprint density at radius 3 is 2.70 bits per heavy atom. The summed E-state index contributed by atoms with van der Waals surface area (Å²) in [6.07, 6.45) is 6.25. The molecular weight excluding hydrogens is 424 g/mol. The summed E-state index contributed by atoms with van der Waals surface area (Å²) in [5.74, 6) is -2.53. The van der Waals surface area contributed by atoms with Crippen LogP contribution in [0.2, 0.25) is 0 Å². The number of carbonyl (C=O) groups is 3. The highest BCUT2D eigenvalue weighted by Crippen LogP contribution is 2.59. The van der Waals surface area contributed by atoms with Gasteiger partial charge in [0.1, 0.15) is 11.6 Å². The third-order valence-electron chi connectivity index (χ3n) is 7.40. The average molecular weight is 463 g/mol. The SMILES string of the molecule is C=CCCOC(=O)[C@@H]1[C@@H]2CCC3(O2)C(C(=O)N(CC=C)C(C)CCC)N([C@H](C)CO)C(=O)[C@H]13. The molecule has 2 bridgehead atoms. The number of esters is 1. The first kappa shape index (κ1) is 25.4. The number of fused-ring (bicyclic) bond motifs is 1. The van der Waals surface area contributed by atoms with Crippen LogP contribution in [0.25, 0.3) is 0 Å². The molecule has 1 spiro atoms. The molecule has 2 amide bonds. The summed E-state index contributed by atoms with van der Waals surface area (Å²) in [6.45, 7) is 13.5. The minimum Gasteiger partial charge on any atom is -0.465 e. The number of nitrogens with zero attached hydrogens (tertiary/aromatic N) is 2. The number of aliphatic hydroxyl groups is 1. The molecule has 3 fully saturated rings. The first-order valence-corrected chi connectivity index (χ1v) is 12.1. The van der Waals surface area contributed by atoms with Crippen LogP contribution in [0.5, 0.6) is 0 Å². The molecule has 3 aliphatic rings. The Labute approximate surface area is 196 Å². The van der Waals surface area contributed by atoms with Crippen molar-refractivity contribution in [3.8, 4) is 0 Å². The molecule has 1 N–H and O–H groups in total. The molecule has 0 saturated carbocycles. The maximum absolute atomic E-state index is 14.0. The van der Waals surface area contributed by atoms with E-state index in [0.29, 0.717) is 25.8 Å². The van der Waals surface area contributed by atoms with Crippen molar-refractivity contribution in [2.75, 3.05) is 19.8 Å². The van der Waals surface area contributed by atoms with E-state index in [1.165, 1.54) is 4.90 Å². The van der Waals surface area contributed by atoms with Crippen molar-refractivity contribution in [1.29, 1.82) is 0 Å². The molecule has 0 aromatic rings. The second kappa shape index (κ2) is 10.4. The Morgan fingerprint density at radius 2 is 2.09 bits per heavy atom. The number of aliphatic hydroxyl groups excluding tert-OH is 1. The fourth-order valence-electron chi connectivity index (χ4n) is 5.90. The van der Waals surface area contributed by atoms with Crippen LogP contribution < -0.4 is 0 Å². The predicted octanol–water partition coefficient (Wildman–Crippen LogP) is 2.06. The van der Waals surface area contributed by atoms with E-state index in [0.717, 1.165) is 12.8 Å². The standard InChI is InChI=1S/C25H38N2O6/c1-6-9-14-32-24(31)19-18-11-12-25(33-18)20(19)22(29)27(17(5)15-28)21(25)23(30)26(13-8-3)16(4)10-7-2/h6,8,16-21,28H,1,3,7,9-15H2,2,4-5H3/t16?,17-,18+,19-,20+,21?,25?/m1/s1. The van der Waals surface area contributed by atoms with Gasteiger partial charge in [0.05, 0.1) is 37.2 Å². The summed E-state index contributed by atoms with van der Waals surface area (Å²) in [5, 5.41) is 9.92. The molecule has 0 radical (unpaired) electrons. The predicted molar refractivity (Wildman–Crippen MR) is 123 cm³/mol. The van der Waals surface area contributed by atoms with Gasteiger partial charge in [0, 0.05) is 12.6 Å². The second-order valence-corrected chi connectivity index (χ2v) is 9.49. The van der Waals surface area contributed by atoms with Crippen molar-refractivity contribution in [3.05, 3.63) is 25.3 Å². The van der Waals surface area contributed by atoms with Crippen LogP contribution in [0, 0.1) is 11.8 Å². The summed E-state index contributed by atoms with van der Waals surface area (Å²) in [7, 11) is 0. The number of amides is 2. The second-order valence-electron chi connectivity index (χ2n) is 9.49. The minimum absolute atomic E-state index is 0.0457. The van der Waals surface area contributed by atoms with Crippen molar-refractivity contribution < 1.29 is 29.0 Å². The zero-order chi connectivity index (χ0) is 24.3. The van der Waals surface area contributed by atoms with E-state index in [2.05, 4.69) is 20.1 Å². The monoisotopic (exact) mass is 462 g/mol. The number of likely N-dealkylation sites (tertiary alicyclic amines) is 1. The fraction of sp³-hybridized carbons (Fsp3) is 0.720. The van der Waals surface area contributed by atoms with E-state index < -0.39 is 41.6 Å². The zero-order valence-electron chi connectivity index (χ0n) is 20.1. The molecule has 0 aliphatic carbocycles. The number of ether oxygens (including phenoxy) is 2. The van der Waals surface area contributed by atoms with Crippen LogP contribution in [-0.2, 0) is 23.9 Å². The van der Waals surface area contributed by atoms with Crippen LogP contribution in [0.4, 0.5) is 0 Å². The molecule has 3 saturated heterocycles. The third kappa shape index (κ3) is 4.23. The largest absolute Gasteiger partial charge is 0.465 e. The molecule has 184 valence electrons. The van der Waals surface area contributed by atoms with Gasteiger partial charge in [-0.2, -0.15) is 0 Å². The smallest absolute Gasteiger partial charge is 0.312 e. The van der Waals surface area contributed by atoms with E-state index in [1.807, 2.05) is 6.92 Å². The van der Waals surface area contributed by atoms with E-state index in [9.17, 15) is 19.5 Å². The van der Waals surface area contributed by atoms with Gasteiger partial charge in [-0.05, 0) is 39.5 Å². The van der Waals surface area contributed by atoms with Gasteiger partial charge in [-0.15, -0.1) is 13.2 Å². The summed E-state index contributed by atoms with van der Waals surface area (Å²) in [6, 6.07) is -1.53. The number of rotatable bonds is 12. The van der Waals surface area contributed by atoms with Crippen molar-refractivity contribution in [1.82, 2.24) is 9.80 Å². The van der Waals surface area contributed by atoms with E-state index >= 15 is 0 Å². The van der Waals surface area contributed by atoms with Gasteiger partial charge in [0.25, 0.3) is 0 Å². The first-order valence-electron chi connectivity index (χ1n) is 12.1. The summed E-state index contributed by atoms with van der Waals surface area (Å²) >= 11 is 0. The maximum atomic E-state index is 14.0. The minimum atomic E-state index is -1.09. The average Bonchev–Trinajstić information content (AvgIpc) is 3.44. The molecule has 0 aromatic heterocycles. The molecule has 3 rings (SSSR count). The molecule has 3 unspecified atom stereocenters. The van der Waals surface area contributed by atoms with Crippen LogP contribution in [0.1, 0.15) is 52.9 Å². The molecule has 0 aromatic carbocycles. The fourth-order valence-corrected chi connectivity index (χ4v) is 5.90. The Hall–Kier alpha value is -2.19. The lowest BCUT2D eigenvalue weighted by atomic mass is 9.70. The normalized spacial score (nSPS) is 31.8. The summed E-state index contributed by atoms with van der Waals surface area (Å²) in [4.78, 5) is 44.0. The van der Waals surface area contributed by atoms with Crippen LogP contribution >= 0.6 is 0 Å². The highest BCUT2D eigenvalue weighted by Gasteiger charge is 2.75. The molecule has 33 heavy (non-hydrogen) atoms. The molecule has 8 nitrogen and oxygen atoms in total. The lowest BCUT2D eigenvalue weighted by Crippen LogP contribution is -2.59. The summed E-state index contributed by atoms with van der Waals surface area (Å²) < 4.78 is 11.8.